The lowest BCUT2D eigenvalue weighted by Gasteiger charge is -2.02. The molecule has 15 heavy (non-hydrogen) atoms. The van der Waals surface area contributed by atoms with Gasteiger partial charge in [-0.2, -0.15) is 4.98 Å². The van der Waals surface area contributed by atoms with Gasteiger partial charge in [0.1, 0.15) is 6.04 Å². The molecule has 7 heteroatoms. The summed E-state index contributed by atoms with van der Waals surface area (Å²) in [4.78, 5) is 11.0. The topological polar surface area (TPSA) is 103 Å². The van der Waals surface area contributed by atoms with Crippen molar-refractivity contribution in [2.75, 3.05) is 13.7 Å². The van der Waals surface area contributed by atoms with Crippen molar-refractivity contribution in [3.05, 3.63) is 18.3 Å². The SMILES string of the molecule is COCC(N)c1nc(-c2ncc[nH]2)no1. The molecule has 0 aromatic carbocycles. The van der Waals surface area contributed by atoms with E-state index in [4.69, 9.17) is 15.0 Å². The van der Waals surface area contributed by atoms with E-state index in [0.717, 1.165) is 0 Å². The van der Waals surface area contributed by atoms with Crippen LogP contribution in [0.5, 0.6) is 0 Å². The second-order valence-electron chi connectivity index (χ2n) is 2.96. The number of imidazole rings is 1. The molecule has 0 saturated heterocycles. The molecule has 1 unspecified atom stereocenters. The number of hydrogen-bond donors (Lipinski definition) is 2. The average Bonchev–Trinajstić information content (AvgIpc) is 2.89. The maximum absolute atomic E-state index is 5.72. The number of aromatic nitrogens is 4. The van der Waals surface area contributed by atoms with E-state index in [1.54, 1.807) is 19.5 Å². The fourth-order valence-electron chi connectivity index (χ4n) is 1.12. The molecule has 2 rings (SSSR count). The number of rotatable bonds is 4. The first kappa shape index (κ1) is 9.81. The van der Waals surface area contributed by atoms with E-state index in [9.17, 15) is 0 Å². The summed E-state index contributed by atoms with van der Waals surface area (Å²) in [5.41, 5.74) is 5.72. The Balaban J connectivity index is 2.17. The van der Waals surface area contributed by atoms with Crippen LogP contribution in [0.1, 0.15) is 11.9 Å². The Morgan fingerprint density at radius 2 is 2.53 bits per heavy atom. The summed E-state index contributed by atoms with van der Waals surface area (Å²) >= 11 is 0. The molecule has 0 aliphatic carbocycles. The smallest absolute Gasteiger partial charge is 0.246 e. The van der Waals surface area contributed by atoms with Crippen molar-refractivity contribution >= 4 is 0 Å². The lowest BCUT2D eigenvalue weighted by atomic mass is 10.3. The molecule has 0 spiro atoms. The largest absolute Gasteiger partial charge is 0.383 e. The summed E-state index contributed by atoms with van der Waals surface area (Å²) in [6.07, 6.45) is 3.29. The predicted molar refractivity (Wildman–Crippen MR) is 50.7 cm³/mol. The van der Waals surface area contributed by atoms with Crippen LogP contribution in [0.15, 0.2) is 16.9 Å². The highest BCUT2D eigenvalue weighted by Gasteiger charge is 2.16. The minimum atomic E-state index is -0.411. The van der Waals surface area contributed by atoms with Crippen molar-refractivity contribution in [3.63, 3.8) is 0 Å². The van der Waals surface area contributed by atoms with Crippen molar-refractivity contribution in [2.45, 2.75) is 6.04 Å². The Morgan fingerprint density at radius 3 is 3.20 bits per heavy atom. The van der Waals surface area contributed by atoms with Gasteiger partial charge in [0.2, 0.25) is 11.7 Å². The van der Waals surface area contributed by atoms with Crippen LogP contribution in [-0.2, 0) is 4.74 Å². The van der Waals surface area contributed by atoms with Crippen molar-refractivity contribution in [2.24, 2.45) is 5.73 Å². The monoisotopic (exact) mass is 209 g/mol. The van der Waals surface area contributed by atoms with Gasteiger partial charge >= 0.3 is 0 Å². The molecule has 2 aromatic heterocycles. The van der Waals surface area contributed by atoms with Crippen molar-refractivity contribution in [1.29, 1.82) is 0 Å². The minimum Gasteiger partial charge on any atom is -0.383 e. The molecular weight excluding hydrogens is 198 g/mol. The second kappa shape index (κ2) is 4.20. The van der Waals surface area contributed by atoms with Gasteiger partial charge in [-0.05, 0) is 0 Å². The number of aromatic amines is 1. The van der Waals surface area contributed by atoms with Gasteiger partial charge in [0.25, 0.3) is 0 Å². The average molecular weight is 209 g/mol. The molecule has 3 N–H and O–H groups in total. The zero-order valence-electron chi connectivity index (χ0n) is 8.17. The van der Waals surface area contributed by atoms with E-state index in [1.165, 1.54) is 0 Å². The molecule has 2 heterocycles. The highest BCUT2D eigenvalue weighted by molar-refractivity contribution is 5.40. The van der Waals surface area contributed by atoms with Crippen LogP contribution in [0.2, 0.25) is 0 Å². The Bertz CT molecular complexity index is 410. The highest BCUT2D eigenvalue weighted by Crippen LogP contribution is 2.13. The number of methoxy groups -OCH3 is 1. The lowest BCUT2D eigenvalue weighted by molar-refractivity contribution is 0.166. The molecule has 1 atom stereocenters. The Morgan fingerprint density at radius 1 is 1.67 bits per heavy atom. The minimum absolute atomic E-state index is 0.333. The van der Waals surface area contributed by atoms with Crippen molar-refractivity contribution in [3.8, 4) is 11.6 Å². The van der Waals surface area contributed by atoms with Crippen LogP contribution in [0, 0.1) is 0 Å². The molecule has 7 nitrogen and oxygen atoms in total. The molecule has 0 aliphatic rings. The van der Waals surface area contributed by atoms with Gasteiger partial charge in [-0.3, -0.25) is 0 Å². The fraction of sp³-hybridized carbons (Fsp3) is 0.375. The standard InChI is InChI=1S/C8H11N5O2/c1-14-4-5(9)8-12-7(13-15-8)6-10-2-3-11-6/h2-3,5H,4,9H2,1H3,(H,10,11). The number of nitrogens with one attached hydrogen (secondary N) is 1. The highest BCUT2D eigenvalue weighted by atomic mass is 16.5. The third kappa shape index (κ3) is 2.03. The van der Waals surface area contributed by atoms with Crippen LogP contribution in [0.25, 0.3) is 11.6 Å². The molecular formula is C8H11N5O2. The molecule has 0 fully saturated rings. The first-order valence-electron chi connectivity index (χ1n) is 4.39. The first-order valence-corrected chi connectivity index (χ1v) is 4.39. The van der Waals surface area contributed by atoms with Crippen LogP contribution in [-0.4, -0.2) is 33.8 Å². The molecule has 0 aliphatic heterocycles. The maximum atomic E-state index is 5.72. The van der Waals surface area contributed by atoms with E-state index in [2.05, 4.69) is 20.1 Å². The molecule has 0 amide bonds. The molecule has 0 saturated carbocycles. The molecule has 2 aromatic rings. The normalized spacial score (nSPS) is 12.9. The van der Waals surface area contributed by atoms with E-state index in [0.29, 0.717) is 24.1 Å². The van der Waals surface area contributed by atoms with Crippen molar-refractivity contribution < 1.29 is 9.26 Å². The van der Waals surface area contributed by atoms with Crippen LogP contribution < -0.4 is 5.73 Å². The van der Waals surface area contributed by atoms with Crippen molar-refractivity contribution in [1.82, 2.24) is 20.1 Å². The predicted octanol–water partition coefficient (Wildman–Crippen LogP) is 0.106. The van der Waals surface area contributed by atoms with Gasteiger partial charge in [0.05, 0.1) is 6.61 Å². The van der Waals surface area contributed by atoms with Gasteiger partial charge in [-0.15, -0.1) is 0 Å². The van der Waals surface area contributed by atoms with Crippen LogP contribution >= 0.6 is 0 Å². The number of nitrogens with zero attached hydrogens (tertiary/aromatic N) is 3. The number of ether oxygens (including phenoxy) is 1. The summed E-state index contributed by atoms with van der Waals surface area (Å²) in [7, 11) is 1.56. The van der Waals surface area contributed by atoms with Gasteiger partial charge < -0.3 is 20.0 Å². The zero-order valence-corrected chi connectivity index (χ0v) is 8.17. The summed E-state index contributed by atoms with van der Waals surface area (Å²) in [5, 5.41) is 3.75. The summed E-state index contributed by atoms with van der Waals surface area (Å²) in [5.74, 6) is 1.28. The number of hydrogen-bond acceptors (Lipinski definition) is 6. The zero-order chi connectivity index (χ0) is 10.7. The summed E-state index contributed by atoms with van der Waals surface area (Å²) in [6, 6.07) is -0.411. The van der Waals surface area contributed by atoms with Gasteiger partial charge in [0, 0.05) is 19.5 Å². The summed E-state index contributed by atoms with van der Waals surface area (Å²) < 4.78 is 9.86. The maximum Gasteiger partial charge on any atom is 0.246 e. The third-order valence-corrected chi connectivity index (χ3v) is 1.82. The molecule has 0 bridgehead atoms. The van der Waals surface area contributed by atoms with E-state index in [-0.39, 0.29) is 0 Å². The second-order valence-corrected chi connectivity index (χ2v) is 2.96. The lowest BCUT2D eigenvalue weighted by Crippen LogP contribution is -2.16. The van der Waals surface area contributed by atoms with Gasteiger partial charge in [0.15, 0.2) is 5.82 Å². The van der Waals surface area contributed by atoms with Gasteiger partial charge in [-0.1, -0.05) is 5.16 Å². The first-order chi connectivity index (χ1) is 7.31. The third-order valence-electron chi connectivity index (χ3n) is 1.82. The fourth-order valence-corrected chi connectivity index (χ4v) is 1.12. The van der Waals surface area contributed by atoms with E-state index >= 15 is 0 Å². The Kier molecular flexibility index (Phi) is 2.75. The number of nitrogens with two attached hydrogens (primary N) is 1. The van der Waals surface area contributed by atoms with E-state index < -0.39 is 6.04 Å². The van der Waals surface area contributed by atoms with Crippen LogP contribution in [0.4, 0.5) is 0 Å². The van der Waals surface area contributed by atoms with E-state index in [1.807, 2.05) is 0 Å². The molecule has 0 radical (unpaired) electrons. The Hall–Kier alpha value is -1.73. The summed E-state index contributed by atoms with van der Waals surface area (Å²) in [6.45, 7) is 0.333. The van der Waals surface area contributed by atoms with Gasteiger partial charge in [-0.25, -0.2) is 4.98 Å². The quantitative estimate of drug-likeness (QED) is 0.740. The van der Waals surface area contributed by atoms with Crippen LogP contribution in [0.3, 0.4) is 0 Å². The Labute approximate surface area is 85.7 Å². The molecule has 80 valence electrons. The number of H-pyrrole nitrogens is 1.